The Morgan fingerprint density at radius 1 is 1.16 bits per heavy atom. The molecule has 2 fully saturated rings. The third kappa shape index (κ3) is 5.34. The highest BCUT2D eigenvalue weighted by atomic mass is 16.2. The van der Waals surface area contributed by atoms with E-state index >= 15 is 0 Å². The van der Waals surface area contributed by atoms with Crippen LogP contribution < -0.4 is 20.4 Å². The summed E-state index contributed by atoms with van der Waals surface area (Å²) in [5.74, 6) is 2.70. The molecule has 4 rings (SSSR count). The van der Waals surface area contributed by atoms with E-state index in [4.69, 9.17) is 0 Å². The van der Waals surface area contributed by atoms with Crippen LogP contribution in [-0.4, -0.2) is 49.6 Å². The average molecular weight is 421 g/mol. The summed E-state index contributed by atoms with van der Waals surface area (Å²) in [6, 6.07) is 14.1. The number of nitrogens with one attached hydrogen (secondary N) is 2. The van der Waals surface area contributed by atoms with E-state index in [1.807, 2.05) is 41.4 Å². The fourth-order valence-corrected chi connectivity index (χ4v) is 4.18. The zero-order chi connectivity index (χ0) is 21.6. The number of aromatic nitrogens is 1. The number of benzene rings is 1. The van der Waals surface area contributed by atoms with Gasteiger partial charge in [0.1, 0.15) is 5.82 Å². The largest absolute Gasteiger partial charge is 0.357 e. The van der Waals surface area contributed by atoms with Crippen molar-refractivity contribution in [1.29, 1.82) is 0 Å². The van der Waals surface area contributed by atoms with Crippen LogP contribution in [0.1, 0.15) is 31.7 Å². The maximum absolute atomic E-state index is 12.4. The molecule has 2 aliphatic rings. The van der Waals surface area contributed by atoms with Crippen molar-refractivity contribution < 1.29 is 4.79 Å². The molecule has 3 heterocycles. The lowest BCUT2D eigenvalue weighted by atomic mass is 9.99. The molecule has 0 aliphatic carbocycles. The molecule has 31 heavy (non-hydrogen) atoms. The van der Waals surface area contributed by atoms with Crippen molar-refractivity contribution in [2.24, 2.45) is 10.9 Å². The van der Waals surface area contributed by atoms with Crippen LogP contribution in [0.3, 0.4) is 0 Å². The minimum atomic E-state index is 0.0286. The van der Waals surface area contributed by atoms with E-state index in [1.54, 1.807) is 7.05 Å². The van der Waals surface area contributed by atoms with Gasteiger partial charge >= 0.3 is 0 Å². The minimum Gasteiger partial charge on any atom is -0.357 e. The van der Waals surface area contributed by atoms with E-state index in [9.17, 15) is 4.79 Å². The number of amides is 1. The highest BCUT2D eigenvalue weighted by molar-refractivity contribution is 5.97. The smallest absolute Gasteiger partial charge is 0.229 e. The first-order valence-electron chi connectivity index (χ1n) is 11.1. The van der Waals surface area contributed by atoms with Gasteiger partial charge in [-0.3, -0.25) is 9.79 Å². The second-order valence-electron chi connectivity index (χ2n) is 8.51. The first kappa shape index (κ1) is 21.2. The van der Waals surface area contributed by atoms with Crippen LogP contribution in [0.2, 0.25) is 0 Å². The zero-order valence-electron chi connectivity index (χ0n) is 18.4. The predicted octanol–water partition coefficient (Wildman–Crippen LogP) is 2.79. The van der Waals surface area contributed by atoms with Crippen LogP contribution in [0.15, 0.2) is 53.7 Å². The lowest BCUT2D eigenvalue weighted by molar-refractivity contribution is -0.117. The average Bonchev–Trinajstić information content (AvgIpc) is 3.18. The molecule has 1 unspecified atom stereocenters. The molecule has 7 nitrogen and oxygen atoms in total. The number of hydrogen-bond donors (Lipinski definition) is 2. The predicted molar refractivity (Wildman–Crippen MR) is 125 cm³/mol. The summed E-state index contributed by atoms with van der Waals surface area (Å²) < 4.78 is 0. The van der Waals surface area contributed by atoms with Crippen molar-refractivity contribution in [3.8, 4) is 0 Å². The number of aliphatic imine (C=N–C) groups is 1. The number of carbonyl (C=O) groups is 1. The van der Waals surface area contributed by atoms with Crippen molar-refractivity contribution in [3.63, 3.8) is 0 Å². The summed E-state index contributed by atoms with van der Waals surface area (Å²) in [5.41, 5.74) is 2.04. The Bertz CT molecular complexity index is 890. The van der Waals surface area contributed by atoms with Crippen LogP contribution in [0.25, 0.3) is 0 Å². The van der Waals surface area contributed by atoms with Gasteiger partial charge in [-0.05, 0) is 42.5 Å². The van der Waals surface area contributed by atoms with Gasteiger partial charge in [0, 0.05) is 51.5 Å². The lowest BCUT2D eigenvalue weighted by Crippen LogP contribution is -2.44. The SMILES string of the molecule is CN=C(NCc1ccc(N2CCC(C)CC2)nc1)NC1CC(=O)N(c2ccccc2)C1. The van der Waals surface area contributed by atoms with Gasteiger partial charge in [-0.15, -0.1) is 0 Å². The molecule has 1 amide bonds. The van der Waals surface area contributed by atoms with E-state index in [1.165, 1.54) is 12.8 Å². The molecule has 2 N–H and O–H groups in total. The molecule has 1 atom stereocenters. The van der Waals surface area contributed by atoms with Crippen molar-refractivity contribution in [1.82, 2.24) is 15.6 Å². The third-order valence-corrected chi connectivity index (χ3v) is 6.13. The van der Waals surface area contributed by atoms with Gasteiger partial charge in [0.25, 0.3) is 0 Å². The Labute approximate surface area is 184 Å². The lowest BCUT2D eigenvalue weighted by Gasteiger charge is -2.31. The molecule has 0 spiro atoms. The van der Waals surface area contributed by atoms with Gasteiger partial charge < -0.3 is 20.4 Å². The molecule has 2 aliphatic heterocycles. The number of rotatable bonds is 5. The first-order valence-corrected chi connectivity index (χ1v) is 11.1. The van der Waals surface area contributed by atoms with Gasteiger partial charge in [0.15, 0.2) is 5.96 Å². The molecular weight excluding hydrogens is 388 g/mol. The van der Waals surface area contributed by atoms with Gasteiger partial charge in [-0.2, -0.15) is 0 Å². The van der Waals surface area contributed by atoms with Crippen molar-refractivity contribution >= 4 is 23.4 Å². The molecule has 7 heteroatoms. The molecule has 164 valence electrons. The maximum Gasteiger partial charge on any atom is 0.229 e. The number of pyridine rings is 1. The van der Waals surface area contributed by atoms with E-state index in [0.717, 1.165) is 36.1 Å². The van der Waals surface area contributed by atoms with E-state index in [-0.39, 0.29) is 11.9 Å². The van der Waals surface area contributed by atoms with Crippen LogP contribution in [0.5, 0.6) is 0 Å². The van der Waals surface area contributed by atoms with Gasteiger partial charge in [0.2, 0.25) is 5.91 Å². The van der Waals surface area contributed by atoms with E-state index < -0.39 is 0 Å². The van der Waals surface area contributed by atoms with Crippen molar-refractivity contribution in [2.75, 3.05) is 36.5 Å². The Balaban J connectivity index is 1.27. The zero-order valence-corrected chi connectivity index (χ0v) is 18.4. The Kier molecular flexibility index (Phi) is 6.70. The fraction of sp³-hybridized carbons (Fsp3) is 0.458. The summed E-state index contributed by atoms with van der Waals surface area (Å²) in [5, 5.41) is 6.72. The third-order valence-electron chi connectivity index (χ3n) is 6.13. The number of hydrogen-bond acceptors (Lipinski definition) is 4. The number of nitrogens with zero attached hydrogens (tertiary/aromatic N) is 4. The quantitative estimate of drug-likeness (QED) is 0.575. The standard InChI is InChI=1S/C24H32N6O/c1-18-10-12-29(13-11-18)22-9-8-19(15-26-22)16-27-24(25-2)28-20-14-23(31)30(17-20)21-6-4-3-5-7-21/h3-9,15,18,20H,10-14,16-17H2,1-2H3,(H2,25,27,28). The molecule has 1 aromatic heterocycles. The first-order chi connectivity index (χ1) is 15.1. The molecule has 0 radical (unpaired) electrons. The number of anilines is 2. The van der Waals surface area contributed by atoms with Gasteiger partial charge in [-0.25, -0.2) is 4.98 Å². The summed E-state index contributed by atoms with van der Waals surface area (Å²) in [4.78, 5) is 25.6. The van der Waals surface area contributed by atoms with Crippen LogP contribution in [0, 0.1) is 5.92 Å². The molecule has 1 aromatic carbocycles. The van der Waals surface area contributed by atoms with Crippen molar-refractivity contribution in [2.45, 2.75) is 38.8 Å². The van der Waals surface area contributed by atoms with Crippen molar-refractivity contribution in [3.05, 3.63) is 54.2 Å². The number of guanidine groups is 1. The Morgan fingerprint density at radius 2 is 1.94 bits per heavy atom. The summed E-state index contributed by atoms with van der Waals surface area (Å²) in [6.07, 6.45) is 4.86. The van der Waals surface area contributed by atoms with E-state index in [0.29, 0.717) is 25.5 Å². The van der Waals surface area contributed by atoms with Crippen LogP contribution in [0.4, 0.5) is 11.5 Å². The Morgan fingerprint density at radius 3 is 2.61 bits per heavy atom. The van der Waals surface area contributed by atoms with Crippen LogP contribution >= 0.6 is 0 Å². The van der Waals surface area contributed by atoms with Crippen LogP contribution in [-0.2, 0) is 11.3 Å². The highest BCUT2D eigenvalue weighted by Crippen LogP contribution is 2.22. The van der Waals surface area contributed by atoms with Gasteiger partial charge in [0.05, 0.1) is 6.04 Å². The summed E-state index contributed by atoms with van der Waals surface area (Å²) in [6.45, 7) is 5.76. The monoisotopic (exact) mass is 420 g/mol. The maximum atomic E-state index is 12.4. The Hall–Kier alpha value is -3.09. The second kappa shape index (κ2) is 9.81. The molecular formula is C24H32N6O. The number of para-hydroxylation sites is 1. The summed E-state index contributed by atoms with van der Waals surface area (Å²) in [7, 11) is 1.75. The molecule has 0 saturated carbocycles. The molecule has 2 aromatic rings. The highest BCUT2D eigenvalue weighted by Gasteiger charge is 2.31. The molecule has 2 saturated heterocycles. The summed E-state index contributed by atoms with van der Waals surface area (Å²) >= 11 is 0. The minimum absolute atomic E-state index is 0.0286. The number of piperidine rings is 1. The molecule has 0 bridgehead atoms. The topological polar surface area (TPSA) is 72.9 Å². The second-order valence-corrected chi connectivity index (χ2v) is 8.51. The van der Waals surface area contributed by atoms with E-state index in [2.05, 4.69) is 44.6 Å². The van der Waals surface area contributed by atoms with Gasteiger partial charge in [-0.1, -0.05) is 31.2 Å². The fourth-order valence-electron chi connectivity index (χ4n) is 4.18. The normalized spacial score (nSPS) is 20.3. The number of carbonyl (C=O) groups excluding carboxylic acids is 1.